The summed E-state index contributed by atoms with van der Waals surface area (Å²) in [5, 5.41) is 2.98. The monoisotopic (exact) mass is 283 g/mol. The van der Waals surface area contributed by atoms with Gasteiger partial charge in [0.1, 0.15) is 0 Å². The molecule has 1 atom stereocenters. The SMILES string of the molecule is CCc1ccc(C(C)NC(=O)c2cc(N)cnc2C)cc1. The average molecular weight is 283 g/mol. The minimum Gasteiger partial charge on any atom is -0.397 e. The van der Waals surface area contributed by atoms with Gasteiger partial charge in [-0.15, -0.1) is 0 Å². The number of amides is 1. The number of carbonyl (C=O) groups is 1. The number of hydrogen-bond donors (Lipinski definition) is 2. The highest BCUT2D eigenvalue weighted by molar-refractivity contribution is 5.96. The van der Waals surface area contributed by atoms with Gasteiger partial charge in [0.25, 0.3) is 5.91 Å². The number of nitrogen functional groups attached to an aromatic ring is 1. The first kappa shape index (κ1) is 15.0. The summed E-state index contributed by atoms with van der Waals surface area (Å²) in [7, 11) is 0. The Hall–Kier alpha value is -2.36. The van der Waals surface area contributed by atoms with Crippen LogP contribution in [0.3, 0.4) is 0 Å². The van der Waals surface area contributed by atoms with E-state index in [9.17, 15) is 4.79 Å². The molecule has 0 aliphatic carbocycles. The van der Waals surface area contributed by atoms with Gasteiger partial charge in [-0.3, -0.25) is 9.78 Å². The lowest BCUT2D eigenvalue weighted by Crippen LogP contribution is -2.27. The van der Waals surface area contributed by atoms with Gasteiger partial charge >= 0.3 is 0 Å². The normalized spacial score (nSPS) is 12.0. The Morgan fingerprint density at radius 1 is 1.33 bits per heavy atom. The zero-order valence-electron chi connectivity index (χ0n) is 12.7. The van der Waals surface area contributed by atoms with E-state index >= 15 is 0 Å². The number of hydrogen-bond acceptors (Lipinski definition) is 3. The molecule has 0 saturated carbocycles. The van der Waals surface area contributed by atoms with E-state index in [1.54, 1.807) is 19.2 Å². The molecule has 1 aromatic heterocycles. The number of rotatable bonds is 4. The van der Waals surface area contributed by atoms with Crippen LogP contribution in [0.4, 0.5) is 5.69 Å². The molecule has 4 heteroatoms. The molecule has 1 aromatic carbocycles. The van der Waals surface area contributed by atoms with Crippen molar-refractivity contribution in [2.45, 2.75) is 33.2 Å². The number of nitrogens with two attached hydrogens (primary N) is 1. The average Bonchev–Trinajstić information content (AvgIpc) is 2.49. The molecule has 2 aromatic rings. The number of aromatic nitrogens is 1. The van der Waals surface area contributed by atoms with Gasteiger partial charge in [0.2, 0.25) is 0 Å². The molecule has 0 aliphatic heterocycles. The Morgan fingerprint density at radius 2 is 2.00 bits per heavy atom. The molecule has 0 saturated heterocycles. The minimum atomic E-state index is -0.153. The predicted molar refractivity (Wildman–Crippen MR) is 85.1 cm³/mol. The van der Waals surface area contributed by atoms with Crippen molar-refractivity contribution in [3.05, 3.63) is 58.9 Å². The number of nitrogens with one attached hydrogen (secondary N) is 1. The Kier molecular flexibility index (Phi) is 4.58. The fraction of sp³-hybridized carbons (Fsp3) is 0.294. The number of anilines is 1. The first-order chi connectivity index (χ1) is 10.0. The summed E-state index contributed by atoms with van der Waals surface area (Å²) in [6.45, 7) is 5.89. The Morgan fingerprint density at radius 3 is 2.62 bits per heavy atom. The fourth-order valence-corrected chi connectivity index (χ4v) is 2.18. The van der Waals surface area contributed by atoms with Gasteiger partial charge in [0.15, 0.2) is 0 Å². The van der Waals surface area contributed by atoms with Gasteiger partial charge < -0.3 is 11.1 Å². The topological polar surface area (TPSA) is 68.0 Å². The fourth-order valence-electron chi connectivity index (χ4n) is 2.18. The minimum absolute atomic E-state index is 0.0655. The van der Waals surface area contributed by atoms with Gasteiger partial charge in [-0.05, 0) is 37.5 Å². The summed E-state index contributed by atoms with van der Waals surface area (Å²) < 4.78 is 0. The maximum atomic E-state index is 12.3. The molecule has 1 unspecified atom stereocenters. The zero-order chi connectivity index (χ0) is 15.4. The summed E-state index contributed by atoms with van der Waals surface area (Å²) in [5.74, 6) is -0.153. The lowest BCUT2D eigenvalue weighted by molar-refractivity contribution is 0.0939. The van der Waals surface area contributed by atoms with E-state index in [4.69, 9.17) is 5.73 Å². The van der Waals surface area contributed by atoms with Crippen molar-refractivity contribution in [1.29, 1.82) is 0 Å². The summed E-state index contributed by atoms with van der Waals surface area (Å²) in [4.78, 5) is 16.4. The molecule has 0 radical (unpaired) electrons. The molecule has 0 bridgehead atoms. The number of aryl methyl sites for hydroxylation is 2. The van der Waals surface area contributed by atoms with Crippen molar-refractivity contribution >= 4 is 11.6 Å². The zero-order valence-corrected chi connectivity index (χ0v) is 12.7. The molecular formula is C17H21N3O. The molecule has 0 spiro atoms. The number of pyridine rings is 1. The summed E-state index contributed by atoms with van der Waals surface area (Å²) >= 11 is 0. The third-order valence-electron chi connectivity index (χ3n) is 3.59. The molecule has 3 N–H and O–H groups in total. The van der Waals surface area contributed by atoms with Gasteiger partial charge in [-0.25, -0.2) is 0 Å². The van der Waals surface area contributed by atoms with Gasteiger partial charge in [0, 0.05) is 0 Å². The third-order valence-corrected chi connectivity index (χ3v) is 3.59. The van der Waals surface area contributed by atoms with Crippen LogP contribution in [0.2, 0.25) is 0 Å². The second-order valence-corrected chi connectivity index (χ2v) is 5.19. The van der Waals surface area contributed by atoms with Crippen molar-refractivity contribution in [3.63, 3.8) is 0 Å². The van der Waals surface area contributed by atoms with Crippen LogP contribution in [-0.4, -0.2) is 10.9 Å². The van der Waals surface area contributed by atoms with E-state index in [0.717, 1.165) is 12.0 Å². The Labute approximate surface area is 125 Å². The summed E-state index contributed by atoms with van der Waals surface area (Å²) in [5.41, 5.74) is 9.75. The smallest absolute Gasteiger partial charge is 0.253 e. The van der Waals surface area contributed by atoms with E-state index < -0.39 is 0 Å². The Balaban J connectivity index is 2.12. The third kappa shape index (κ3) is 3.60. The molecule has 4 nitrogen and oxygen atoms in total. The van der Waals surface area contributed by atoms with Crippen LogP contribution in [-0.2, 0) is 6.42 Å². The van der Waals surface area contributed by atoms with Crippen LogP contribution in [0.1, 0.15) is 47.1 Å². The van der Waals surface area contributed by atoms with Crippen LogP contribution in [0.15, 0.2) is 36.5 Å². The summed E-state index contributed by atoms with van der Waals surface area (Å²) in [6, 6.07) is 9.87. The van der Waals surface area contributed by atoms with Crippen LogP contribution in [0.5, 0.6) is 0 Å². The van der Waals surface area contributed by atoms with Gasteiger partial charge in [0.05, 0.1) is 29.2 Å². The highest BCUT2D eigenvalue weighted by atomic mass is 16.1. The van der Waals surface area contributed by atoms with Crippen LogP contribution >= 0.6 is 0 Å². The van der Waals surface area contributed by atoms with E-state index in [-0.39, 0.29) is 11.9 Å². The number of nitrogens with zero attached hydrogens (tertiary/aromatic N) is 1. The van der Waals surface area contributed by atoms with Crippen molar-refractivity contribution in [3.8, 4) is 0 Å². The van der Waals surface area contributed by atoms with Crippen LogP contribution < -0.4 is 11.1 Å². The van der Waals surface area contributed by atoms with Gasteiger partial charge in [-0.2, -0.15) is 0 Å². The molecule has 21 heavy (non-hydrogen) atoms. The van der Waals surface area contributed by atoms with Crippen molar-refractivity contribution in [1.82, 2.24) is 10.3 Å². The van der Waals surface area contributed by atoms with Gasteiger partial charge in [-0.1, -0.05) is 31.2 Å². The maximum Gasteiger partial charge on any atom is 0.253 e. The molecular weight excluding hydrogens is 262 g/mol. The van der Waals surface area contributed by atoms with E-state index in [0.29, 0.717) is 16.9 Å². The van der Waals surface area contributed by atoms with Crippen LogP contribution in [0.25, 0.3) is 0 Å². The quantitative estimate of drug-likeness (QED) is 0.906. The lowest BCUT2D eigenvalue weighted by atomic mass is 10.0. The first-order valence-electron chi connectivity index (χ1n) is 7.13. The molecule has 1 amide bonds. The second-order valence-electron chi connectivity index (χ2n) is 5.19. The number of carbonyl (C=O) groups excluding carboxylic acids is 1. The standard InChI is InChI=1S/C17H21N3O/c1-4-13-5-7-14(8-6-13)11(2)20-17(21)16-9-15(18)10-19-12(16)3/h5-11H,4,18H2,1-3H3,(H,20,21). The summed E-state index contributed by atoms with van der Waals surface area (Å²) in [6.07, 6.45) is 2.56. The Bertz CT molecular complexity index is 635. The molecule has 1 heterocycles. The van der Waals surface area contributed by atoms with Crippen molar-refractivity contribution in [2.75, 3.05) is 5.73 Å². The van der Waals surface area contributed by atoms with Crippen molar-refractivity contribution in [2.24, 2.45) is 0 Å². The van der Waals surface area contributed by atoms with Crippen LogP contribution in [0, 0.1) is 6.92 Å². The van der Waals surface area contributed by atoms with E-state index in [1.807, 2.05) is 19.1 Å². The van der Waals surface area contributed by atoms with Crippen molar-refractivity contribution < 1.29 is 4.79 Å². The van der Waals surface area contributed by atoms with E-state index in [1.165, 1.54) is 5.56 Å². The second kappa shape index (κ2) is 6.39. The van der Waals surface area contributed by atoms with E-state index in [2.05, 4.69) is 29.4 Å². The predicted octanol–water partition coefficient (Wildman–Crippen LogP) is 3.03. The highest BCUT2D eigenvalue weighted by Crippen LogP contribution is 2.16. The first-order valence-corrected chi connectivity index (χ1v) is 7.13. The highest BCUT2D eigenvalue weighted by Gasteiger charge is 2.14. The lowest BCUT2D eigenvalue weighted by Gasteiger charge is -2.15. The maximum absolute atomic E-state index is 12.3. The molecule has 0 fully saturated rings. The largest absolute Gasteiger partial charge is 0.397 e. The molecule has 0 aliphatic rings. The molecule has 2 rings (SSSR count). The molecule has 110 valence electrons. The number of benzene rings is 1.